The summed E-state index contributed by atoms with van der Waals surface area (Å²) in [7, 11) is 0. The van der Waals surface area contributed by atoms with Crippen molar-refractivity contribution in [3.8, 4) is 11.8 Å². The zero-order valence-corrected chi connectivity index (χ0v) is 31.1. The average Bonchev–Trinajstić information content (AvgIpc) is 3.14. The maximum absolute atomic E-state index is 13.3. The zero-order valence-electron chi connectivity index (χ0n) is 27.9. The van der Waals surface area contributed by atoms with Crippen LogP contribution in [0.25, 0.3) is 0 Å². The zero-order chi connectivity index (χ0) is 35.4. The Morgan fingerprint density at radius 3 is 1.88 bits per heavy atom. The van der Waals surface area contributed by atoms with Gasteiger partial charge in [0.25, 0.3) is 5.91 Å². The first kappa shape index (κ1) is 39.2. The van der Waals surface area contributed by atoms with Gasteiger partial charge in [0.2, 0.25) is 11.8 Å². The van der Waals surface area contributed by atoms with Gasteiger partial charge in [-0.3, -0.25) is 19.4 Å². The van der Waals surface area contributed by atoms with E-state index in [2.05, 4.69) is 59.3 Å². The molecule has 3 amide bonds. The molecule has 0 spiro atoms. The van der Waals surface area contributed by atoms with Crippen molar-refractivity contribution in [2.75, 3.05) is 70.8 Å². The van der Waals surface area contributed by atoms with Crippen molar-refractivity contribution in [3.63, 3.8) is 0 Å². The maximum Gasteiger partial charge on any atom is 0.251 e. The second-order valence-electron chi connectivity index (χ2n) is 11.1. The van der Waals surface area contributed by atoms with Crippen LogP contribution in [0.3, 0.4) is 0 Å². The third-order valence-electron chi connectivity index (χ3n) is 7.42. The lowest BCUT2D eigenvalue weighted by Gasteiger charge is -2.26. The summed E-state index contributed by atoms with van der Waals surface area (Å²) >= 11 is 6.76. The number of nitrogens with zero attached hydrogens (tertiary/aromatic N) is 2. The van der Waals surface area contributed by atoms with Crippen LogP contribution in [-0.4, -0.2) is 88.7 Å². The first-order valence-electron chi connectivity index (χ1n) is 16.5. The highest BCUT2D eigenvalue weighted by Gasteiger charge is 2.21. The maximum atomic E-state index is 13.3. The number of pyridine rings is 1. The molecular weight excluding hydrogens is 772 g/mol. The lowest BCUT2D eigenvalue weighted by Crippen LogP contribution is -2.34. The summed E-state index contributed by atoms with van der Waals surface area (Å²) in [6.45, 7) is 4.30. The molecule has 0 saturated heterocycles. The number of carbonyl (C=O) groups excluding carboxylic acids is 3. The summed E-state index contributed by atoms with van der Waals surface area (Å²) < 4.78 is 22.1. The fourth-order valence-corrected chi connectivity index (χ4v) is 5.51. The molecule has 4 rings (SSSR count). The molecule has 3 aromatic rings. The molecular formula is C37H42Br2N4O7. The number of rotatable bonds is 21. The van der Waals surface area contributed by atoms with E-state index < -0.39 is 0 Å². The van der Waals surface area contributed by atoms with E-state index in [1.54, 1.807) is 17.0 Å². The molecule has 0 atom stereocenters. The highest BCUT2D eigenvalue weighted by molar-refractivity contribution is 9.08. The Bertz CT molecular complexity index is 1610. The van der Waals surface area contributed by atoms with E-state index in [1.807, 2.05) is 48.5 Å². The van der Waals surface area contributed by atoms with Crippen molar-refractivity contribution in [3.05, 3.63) is 94.3 Å². The van der Waals surface area contributed by atoms with Gasteiger partial charge in [-0.15, -0.1) is 0 Å². The van der Waals surface area contributed by atoms with Crippen LogP contribution in [0, 0.1) is 11.8 Å². The number of fused-ring (bicyclic) bond motifs is 2. The molecule has 2 aromatic carbocycles. The molecule has 0 aliphatic carbocycles. The van der Waals surface area contributed by atoms with E-state index >= 15 is 0 Å². The number of para-hydroxylation sites is 1. The van der Waals surface area contributed by atoms with Crippen LogP contribution in [0.1, 0.15) is 51.3 Å². The SMILES string of the molecule is O=C(CCC(=O)N1Cc2ccccc2C#Cc2ccccc21)NCCOCCOCCOCCOCCNC(=O)c1cc(CBr)nc(CBr)c1. The van der Waals surface area contributed by atoms with Gasteiger partial charge in [-0.1, -0.05) is 74.0 Å². The van der Waals surface area contributed by atoms with E-state index in [4.69, 9.17) is 18.9 Å². The lowest BCUT2D eigenvalue weighted by atomic mass is 10.0. The highest BCUT2D eigenvalue weighted by atomic mass is 79.9. The first-order valence-corrected chi connectivity index (χ1v) is 18.7. The largest absolute Gasteiger partial charge is 0.377 e. The fourth-order valence-electron chi connectivity index (χ4n) is 4.93. The molecule has 1 aliphatic heterocycles. The Balaban J connectivity index is 0.969. The number of hydrogen-bond donors (Lipinski definition) is 2. The number of benzene rings is 2. The summed E-state index contributed by atoms with van der Waals surface area (Å²) in [4.78, 5) is 44.2. The number of alkyl halides is 2. The molecule has 0 saturated carbocycles. The molecule has 0 fully saturated rings. The summed E-state index contributed by atoms with van der Waals surface area (Å²) in [6, 6.07) is 18.9. The van der Waals surface area contributed by atoms with Crippen molar-refractivity contribution in [2.45, 2.75) is 30.0 Å². The van der Waals surface area contributed by atoms with Crippen molar-refractivity contribution in [1.29, 1.82) is 0 Å². The van der Waals surface area contributed by atoms with Crippen LogP contribution in [-0.2, 0) is 45.7 Å². The topological polar surface area (TPSA) is 128 Å². The lowest BCUT2D eigenvalue weighted by molar-refractivity contribution is -0.125. The standard InChI is InChI=1S/C37H42Br2N4O7/c38-25-32-23-31(24-33(26-39)42-32)37(46)41-14-16-48-18-20-50-22-21-49-19-17-47-15-13-40-35(44)11-12-36(45)43-27-30-7-2-1-5-28(30)9-10-29-6-3-4-8-34(29)43/h1-8,23-24H,11-22,25-27H2,(H,40,44)(H,41,46). The quantitative estimate of drug-likeness (QED) is 0.0915. The summed E-state index contributed by atoms with van der Waals surface area (Å²) in [5.41, 5.74) is 5.57. The van der Waals surface area contributed by atoms with Gasteiger partial charge in [0.05, 0.1) is 76.5 Å². The van der Waals surface area contributed by atoms with E-state index in [1.165, 1.54) is 0 Å². The fraction of sp³-hybridized carbons (Fsp3) is 0.405. The van der Waals surface area contributed by atoms with Gasteiger partial charge in [-0.2, -0.15) is 0 Å². The molecule has 13 heteroatoms. The summed E-state index contributed by atoms with van der Waals surface area (Å²) in [6.07, 6.45) is 0.167. The predicted molar refractivity (Wildman–Crippen MR) is 197 cm³/mol. The molecule has 1 aromatic heterocycles. The minimum atomic E-state index is -0.206. The van der Waals surface area contributed by atoms with Crippen molar-refractivity contribution in [1.82, 2.24) is 15.6 Å². The van der Waals surface area contributed by atoms with Gasteiger partial charge in [0.15, 0.2) is 0 Å². The Kier molecular flexibility index (Phi) is 17.4. The molecule has 266 valence electrons. The van der Waals surface area contributed by atoms with Gasteiger partial charge in [0.1, 0.15) is 0 Å². The van der Waals surface area contributed by atoms with Crippen LogP contribution in [0.5, 0.6) is 0 Å². The molecule has 11 nitrogen and oxygen atoms in total. The molecule has 0 unspecified atom stereocenters. The molecule has 1 aliphatic rings. The van der Waals surface area contributed by atoms with Gasteiger partial charge in [-0.25, -0.2) is 0 Å². The van der Waals surface area contributed by atoms with E-state index in [9.17, 15) is 14.4 Å². The summed E-state index contributed by atoms with van der Waals surface area (Å²) in [5.74, 6) is 5.89. The number of ether oxygens (including phenoxy) is 4. The van der Waals surface area contributed by atoms with Crippen molar-refractivity contribution < 1.29 is 33.3 Å². The third-order valence-corrected chi connectivity index (χ3v) is 8.57. The minimum Gasteiger partial charge on any atom is -0.377 e. The molecule has 50 heavy (non-hydrogen) atoms. The van der Waals surface area contributed by atoms with Crippen LogP contribution in [0.15, 0.2) is 60.7 Å². The van der Waals surface area contributed by atoms with Crippen LogP contribution < -0.4 is 15.5 Å². The van der Waals surface area contributed by atoms with Gasteiger partial charge in [-0.05, 0) is 35.9 Å². The smallest absolute Gasteiger partial charge is 0.251 e. The Morgan fingerprint density at radius 1 is 0.700 bits per heavy atom. The molecule has 0 bridgehead atoms. The normalized spacial score (nSPS) is 11.8. The number of hydrogen-bond acceptors (Lipinski definition) is 8. The highest BCUT2D eigenvalue weighted by Crippen LogP contribution is 2.26. The number of halogens is 2. The van der Waals surface area contributed by atoms with Crippen molar-refractivity contribution >= 4 is 55.3 Å². The van der Waals surface area contributed by atoms with Crippen LogP contribution >= 0.6 is 31.9 Å². The van der Waals surface area contributed by atoms with Crippen molar-refractivity contribution in [2.24, 2.45) is 0 Å². The third kappa shape index (κ3) is 13.2. The number of aromatic nitrogens is 1. The number of amides is 3. The number of nitrogens with one attached hydrogen (secondary N) is 2. The monoisotopic (exact) mass is 812 g/mol. The predicted octanol–water partition coefficient (Wildman–Crippen LogP) is 4.51. The van der Waals surface area contributed by atoms with E-state index in [-0.39, 0.29) is 30.6 Å². The summed E-state index contributed by atoms with van der Waals surface area (Å²) in [5, 5.41) is 6.81. The van der Waals surface area contributed by atoms with Gasteiger partial charge in [0, 0.05) is 53.3 Å². The molecule has 2 N–H and O–H groups in total. The second-order valence-corrected chi connectivity index (χ2v) is 12.2. The average molecular weight is 815 g/mol. The van der Waals surface area contributed by atoms with Gasteiger partial charge >= 0.3 is 0 Å². The Morgan fingerprint density at radius 2 is 1.24 bits per heavy atom. The van der Waals surface area contributed by atoms with Crippen LogP contribution in [0.4, 0.5) is 5.69 Å². The Hall–Kier alpha value is -3.64. The molecule has 2 heterocycles. The second kappa shape index (κ2) is 22.2. The number of carbonyl (C=O) groups is 3. The number of anilines is 1. The first-order chi connectivity index (χ1) is 24.5. The Labute approximate surface area is 310 Å². The van der Waals surface area contributed by atoms with Crippen LogP contribution in [0.2, 0.25) is 0 Å². The minimum absolute atomic E-state index is 0.0822. The van der Waals surface area contributed by atoms with Gasteiger partial charge < -0.3 is 34.5 Å². The van der Waals surface area contributed by atoms with E-state index in [0.29, 0.717) is 88.7 Å². The van der Waals surface area contributed by atoms with E-state index in [0.717, 1.165) is 33.8 Å². The molecule has 0 radical (unpaired) electrons.